The van der Waals surface area contributed by atoms with E-state index in [0.29, 0.717) is 18.0 Å². The molecule has 33 heavy (non-hydrogen) atoms. The Labute approximate surface area is 197 Å². The minimum absolute atomic E-state index is 0.232. The predicted molar refractivity (Wildman–Crippen MR) is 129 cm³/mol. The van der Waals surface area contributed by atoms with Gasteiger partial charge in [0.25, 0.3) is 0 Å². The molecule has 1 aromatic carbocycles. The molecule has 1 unspecified atom stereocenters. The van der Waals surface area contributed by atoms with Gasteiger partial charge in [-0.2, -0.15) is 0 Å². The molecule has 2 heterocycles. The van der Waals surface area contributed by atoms with Crippen LogP contribution in [0, 0.1) is 0 Å². The van der Waals surface area contributed by atoms with Crippen LogP contribution in [0.5, 0.6) is 0 Å². The number of amides is 3. The number of nitrogens with zero attached hydrogens (tertiary/aromatic N) is 2. The fourth-order valence-electron chi connectivity index (χ4n) is 4.84. The number of carbonyl (C=O) groups is 3. The zero-order chi connectivity index (χ0) is 24.0. The van der Waals surface area contributed by atoms with Crippen LogP contribution in [-0.2, 0) is 20.9 Å². The molecule has 2 fully saturated rings. The quantitative estimate of drug-likeness (QED) is 0.466. The van der Waals surface area contributed by atoms with Gasteiger partial charge >= 0.3 is 0 Å². The number of rotatable bonds is 8. The van der Waals surface area contributed by atoms with Crippen molar-refractivity contribution in [3.63, 3.8) is 0 Å². The monoisotopic (exact) mass is 454 g/mol. The molecule has 7 heteroatoms. The maximum absolute atomic E-state index is 13.2. The molecule has 0 aliphatic carbocycles. The number of nitrogens with one attached hydrogen (secondary N) is 2. The average Bonchev–Trinajstić information content (AvgIpc) is 2.80. The highest BCUT2D eigenvalue weighted by Crippen LogP contribution is 2.30. The number of imide groups is 1. The minimum atomic E-state index is -0.669. The Morgan fingerprint density at radius 2 is 1.85 bits per heavy atom. The number of benzene rings is 1. The van der Waals surface area contributed by atoms with Crippen molar-refractivity contribution in [1.82, 2.24) is 20.4 Å². The zero-order valence-corrected chi connectivity index (χ0v) is 20.4. The smallest absolute Gasteiger partial charge is 0.249 e. The van der Waals surface area contributed by atoms with E-state index in [9.17, 15) is 14.4 Å². The van der Waals surface area contributed by atoms with Gasteiger partial charge in [-0.3, -0.25) is 29.5 Å². The molecule has 1 atom stereocenters. The Kier molecular flexibility index (Phi) is 8.43. The van der Waals surface area contributed by atoms with Crippen molar-refractivity contribution in [2.75, 3.05) is 20.1 Å². The Morgan fingerprint density at radius 3 is 2.45 bits per heavy atom. The fraction of sp³-hybridized carbons (Fsp3) is 0.577. The van der Waals surface area contributed by atoms with Crippen LogP contribution in [0.15, 0.2) is 42.0 Å². The average molecular weight is 455 g/mol. The summed E-state index contributed by atoms with van der Waals surface area (Å²) in [7, 11) is 2.10. The molecule has 3 rings (SSSR count). The van der Waals surface area contributed by atoms with E-state index >= 15 is 0 Å². The van der Waals surface area contributed by atoms with Crippen molar-refractivity contribution in [1.29, 1.82) is 0 Å². The summed E-state index contributed by atoms with van der Waals surface area (Å²) in [6.07, 6.45) is 5.36. The molecule has 2 saturated heterocycles. The first-order chi connectivity index (χ1) is 15.7. The van der Waals surface area contributed by atoms with Crippen LogP contribution in [0.4, 0.5) is 0 Å². The Hall–Kier alpha value is -2.51. The third kappa shape index (κ3) is 6.30. The van der Waals surface area contributed by atoms with Gasteiger partial charge in [0.1, 0.15) is 6.04 Å². The molecule has 0 saturated carbocycles. The van der Waals surface area contributed by atoms with Crippen molar-refractivity contribution in [2.45, 2.75) is 77.0 Å². The Morgan fingerprint density at radius 1 is 1.18 bits per heavy atom. The number of piperidine rings is 2. The number of allylic oxidation sites excluding steroid dienone is 1. The molecule has 0 bridgehead atoms. The molecular weight excluding hydrogens is 416 g/mol. The number of likely N-dealkylation sites (N-methyl/N-ethyl adjacent to an activating group) is 1. The summed E-state index contributed by atoms with van der Waals surface area (Å²) in [6, 6.07) is 10.3. The van der Waals surface area contributed by atoms with Gasteiger partial charge in [0.05, 0.1) is 0 Å². The minimum Gasteiger partial charge on any atom is -0.340 e. The van der Waals surface area contributed by atoms with Crippen LogP contribution in [0.3, 0.4) is 0 Å². The molecule has 0 aromatic heterocycles. The van der Waals surface area contributed by atoms with Crippen LogP contribution in [0.2, 0.25) is 0 Å². The summed E-state index contributed by atoms with van der Waals surface area (Å²) in [4.78, 5) is 41.6. The van der Waals surface area contributed by atoms with Crippen LogP contribution in [0.25, 0.3) is 0 Å². The van der Waals surface area contributed by atoms with Gasteiger partial charge in [0.15, 0.2) is 0 Å². The third-order valence-corrected chi connectivity index (χ3v) is 7.09. The third-order valence-electron chi connectivity index (χ3n) is 7.09. The lowest BCUT2D eigenvalue weighted by molar-refractivity contribution is -0.136. The van der Waals surface area contributed by atoms with Gasteiger partial charge in [0, 0.05) is 30.1 Å². The number of carbonyl (C=O) groups excluding carboxylic acids is 3. The zero-order valence-electron chi connectivity index (χ0n) is 20.4. The van der Waals surface area contributed by atoms with E-state index in [1.165, 1.54) is 5.56 Å². The number of hydrogen-bond donors (Lipinski definition) is 2. The fourth-order valence-corrected chi connectivity index (χ4v) is 4.84. The van der Waals surface area contributed by atoms with Gasteiger partial charge in [0.2, 0.25) is 17.7 Å². The van der Waals surface area contributed by atoms with E-state index in [2.05, 4.69) is 65.6 Å². The van der Waals surface area contributed by atoms with E-state index in [1.54, 1.807) is 0 Å². The molecule has 2 N–H and O–H groups in total. The van der Waals surface area contributed by atoms with Gasteiger partial charge in [-0.05, 0) is 65.2 Å². The maximum atomic E-state index is 13.2. The lowest BCUT2D eigenvalue weighted by Crippen LogP contribution is -2.57. The van der Waals surface area contributed by atoms with E-state index in [4.69, 9.17) is 0 Å². The van der Waals surface area contributed by atoms with Crippen molar-refractivity contribution in [3.05, 3.63) is 47.5 Å². The Balaban J connectivity index is 1.62. The second-order valence-corrected chi connectivity index (χ2v) is 9.67. The van der Waals surface area contributed by atoms with E-state index in [-0.39, 0.29) is 18.2 Å². The highest BCUT2D eigenvalue weighted by atomic mass is 16.2. The highest BCUT2D eigenvalue weighted by molar-refractivity contribution is 6.04. The molecule has 1 aromatic rings. The molecule has 180 valence electrons. The molecule has 7 nitrogen and oxygen atoms in total. The van der Waals surface area contributed by atoms with Crippen molar-refractivity contribution >= 4 is 17.7 Å². The lowest BCUT2D eigenvalue weighted by atomic mass is 9.87. The number of likely N-dealkylation sites (tertiary alicyclic amines) is 1. The first-order valence-electron chi connectivity index (χ1n) is 12.1. The molecule has 2 aliphatic heterocycles. The summed E-state index contributed by atoms with van der Waals surface area (Å²) in [5.41, 5.74) is 1.51. The van der Waals surface area contributed by atoms with E-state index in [1.807, 2.05) is 19.1 Å². The Bertz CT molecular complexity index is 873. The highest BCUT2D eigenvalue weighted by Gasteiger charge is 2.38. The van der Waals surface area contributed by atoms with Crippen molar-refractivity contribution in [3.8, 4) is 0 Å². The summed E-state index contributed by atoms with van der Waals surface area (Å²) in [5, 5.41) is 5.18. The summed E-state index contributed by atoms with van der Waals surface area (Å²) in [5.74, 6) is -0.939. The maximum Gasteiger partial charge on any atom is 0.249 e. The second kappa shape index (κ2) is 11.1. The lowest BCUT2D eigenvalue weighted by Gasteiger charge is -2.45. The SMILES string of the molecule is CC/C=C(/C(=O)NC1CCC(=O)NC1=O)C(C)(C)N(C)C1CCN(Cc2ccccc2)CC1. The van der Waals surface area contributed by atoms with Gasteiger partial charge in [-0.15, -0.1) is 0 Å². The first-order valence-corrected chi connectivity index (χ1v) is 12.1. The standard InChI is InChI=1S/C26H38N4O3/c1-5-9-21(24(32)27-22-12-13-23(31)28-25(22)33)26(2,3)29(4)20-14-16-30(17-15-20)18-19-10-7-6-8-11-19/h6-11,20,22H,5,12-18H2,1-4H3,(H,27,32)(H,28,31,33)/b21-9-. The molecule has 3 amide bonds. The van der Waals surface area contributed by atoms with Crippen LogP contribution < -0.4 is 10.6 Å². The topological polar surface area (TPSA) is 81.8 Å². The summed E-state index contributed by atoms with van der Waals surface area (Å²) < 4.78 is 0. The predicted octanol–water partition coefficient (Wildman–Crippen LogP) is 2.62. The van der Waals surface area contributed by atoms with Gasteiger partial charge in [-0.25, -0.2) is 0 Å². The van der Waals surface area contributed by atoms with Crippen LogP contribution in [0.1, 0.15) is 58.4 Å². The molecule has 2 aliphatic rings. The van der Waals surface area contributed by atoms with Crippen molar-refractivity contribution < 1.29 is 14.4 Å². The van der Waals surface area contributed by atoms with Crippen LogP contribution >= 0.6 is 0 Å². The number of hydrogen-bond acceptors (Lipinski definition) is 5. The molecule has 0 radical (unpaired) electrons. The summed E-state index contributed by atoms with van der Waals surface area (Å²) in [6.45, 7) is 9.18. The van der Waals surface area contributed by atoms with Gasteiger partial charge < -0.3 is 5.32 Å². The first kappa shape index (κ1) is 25.1. The molecule has 0 spiro atoms. The van der Waals surface area contributed by atoms with Crippen LogP contribution in [-0.4, -0.2) is 65.3 Å². The van der Waals surface area contributed by atoms with E-state index < -0.39 is 17.5 Å². The normalized spacial score (nSPS) is 21.2. The second-order valence-electron chi connectivity index (χ2n) is 9.67. The molecular formula is C26H38N4O3. The van der Waals surface area contributed by atoms with Crippen molar-refractivity contribution in [2.24, 2.45) is 0 Å². The largest absolute Gasteiger partial charge is 0.340 e. The van der Waals surface area contributed by atoms with Gasteiger partial charge in [-0.1, -0.05) is 43.3 Å². The van der Waals surface area contributed by atoms with E-state index in [0.717, 1.165) is 38.9 Å². The summed E-state index contributed by atoms with van der Waals surface area (Å²) >= 11 is 0.